The number of hydrogen-bond donors (Lipinski definition) is 2. The number of hydrogen-bond acceptors (Lipinski definition) is 5. The molecule has 1 aromatic heterocycles. The van der Waals surface area contributed by atoms with Crippen molar-refractivity contribution < 1.29 is 8.42 Å². The van der Waals surface area contributed by atoms with Gasteiger partial charge in [-0.1, -0.05) is 0 Å². The van der Waals surface area contributed by atoms with E-state index >= 15 is 0 Å². The first-order valence-electron chi connectivity index (χ1n) is 5.00. The zero-order valence-electron chi connectivity index (χ0n) is 10.2. The molecule has 0 bridgehead atoms. The highest BCUT2D eigenvalue weighted by atomic mass is 79.9. The summed E-state index contributed by atoms with van der Waals surface area (Å²) in [4.78, 5) is 7.79. The molecule has 1 rings (SSSR count). The minimum Gasteiger partial charge on any atom is -0.367 e. The first-order valence-corrected chi connectivity index (χ1v) is 8.06. The molecule has 0 aliphatic rings. The average molecular weight is 358 g/mol. The van der Waals surface area contributed by atoms with E-state index in [2.05, 4.69) is 35.9 Å². The van der Waals surface area contributed by atoms with E-state index in [1.54, 1.807) is 13.8 Å². The molecular formula is C9H14BrClN4O2S. The van der Waals surface area contributed by atoms with E-state index in [1.807, 2.05) is 0 Å². The van der Waals surface area contributed by atoms with Crippen LogP contribution in [0.5, 0.6) is 0 Å². The van der Waals surface area contributed by atoms with E-state index in [-0.39, 0.29) is 5.28 Å². The molecule has 1 heterocycles. The third kappa shape index (κ3) is 5.47. The van der Waals surface area contributed by atoms with Crippen LogP contribution >= 0.6 is 27.5 Å². The fourth-order valence-corrected chi connectivity index (χ4v) is 2.85. The number of halogens is 2. The van der Waals surface area contributed by atoms with Crippen molar-refractivity contribution in [2.75, 3.05) is 18.1 Å². The van der Waals surface area contributed by atoms with Gasteiger partial charge in [-0.05, 0) is 41.4 Å². The predicted octanol–water partition coefficient (Wildman–Crippen LogP) is 1.63. The number of rotatable bonds is 5. The second-order valence-corrected chi connectivity index (χ2v) is 7.39. The number of sulfonamides is 1. The van der Waals surface area contributed by atoms with Crippen LogP contribution in [0, 0.1) is 0 Å². The SMILES string of the molecule is CC(C)(CNc1nc(Cl)ncc1Br)NS(C)(=O)=O. The molecule has 0 aliphatic carbocycles. The summed E-state index contributed by atoms with van der Waals surface area (Å²) in [5, 5.41) is 3.13. The third-order valence-corrected chi connectivity index (χ3v) is 3.56. The molecule has 0 amide bonds. The van der Waals surface area contributed by atoms with Crippen molar-refractivity contribution in [2.45, 2.75) is 19.4 Å². The molecule has 0 saturated heterocycles. The lowest BCUT2D eigenvalue weighted by atomic mass is 10.1. The van der Waals surface area contributed by atoms with Gasteiger partial charge >= 0.3 is 0 Å². The Morgan fingerprint density at radius 1 is 1.50 bits per heavy atom. The molecule has 102 valence electrons. The topological polar surface area (TPSA) is 84.0 Å². The Kier molecular flexibility index (Phi) is 4.93. The number of aromatic nitrogens is 2. The second kappa shape index (κ2) is 5.68. The summed E-state index contributed by atoms with van der Waals surface area (Å²) in [7, 11) is -3.27. The highest BCUT2D eigenvalue weighted by molar-refractivity contribution is 9.10. The van der Waals surface area contributed by atoms with Gasteiger partial charge in [-0.2, -0.15) is 4.98 Å². The molecule has 0 aliphatic heterocycles. The Hall–Kier alpha value is -0.440. The normalized spacial score (nSPS) is 12.5. The van der Waals surface area contributed by atoms with E-state index < -0.39 is 15.6 Å². The Bertz CT molecular complexity index is 535. The molecule has 0 saturated carbocycles. The predicted molar refractivity (Wildman–Crippen MR) is 75.3 cm³/mol. The molecule has 6 nitrogen and oxygen atoms in total. The van der Waals surface area contributed by atoms with Crippen molar-refractivity contribution >= 4 is 43.4 Å². The molecule has 1 aromatic rings. The van der Waals surface area contributed by atoms with E-state index in [0.29, 0.717) is 16.8 Å². The Labute approximate surface area is 120 Å². The summed E-state index contributed by atoms with van der Waals surface area (Å²) in [5.74, 6) is 0.512. The van der Waals surface area contributed by atoms with Gasteiger partial charge in [0.1, 0.15) is 5.82 Å². The second-order valence-electron chi connectivity index (χ2n) is 4.45. The van der Waals surface area contributed by atoms with Crippen LogP contribution in [-0.2, 0) is 10.0 Å². The first-order chi connectivity index (χ1) is 8.09. The van der Waals surface area contributed by atoms with Gasteiger partial charge in [0.2, 0.25) is 15.3 Å². The highest BCUT2D eigenvalue weighted by Gasteiger charge is 2.22. The first kappa shape index (κ1) is 15.6. The van der Waals surface area contributed by atoms with Crippen LogP contribution in [0.25, 0.3) is 0 Å². The number of nitrogens with zero attached hydrogens (tertiary/aromatic N) is 2. The molecule has 0 unspecified atom stereocenters. The quantitative estimate of drug-likeness (QED) is 0.783. The van der Waals surface area contributed by atoms with Gasteiger partial charge in [-0.15, -0.1) is 0 Å². The average Bonchev–Trinajstić information content (AvgIpc) is 2.16. The summed E-state index contributed by atoms with van der Waals surface area (Å²) >= 11 is 8.95. The molecule has 9 heteroatoms. The maximum atomic E-state index is 11.2. The van der Waals surface area contributed by atoms with Crippen LogP contribution in [0.2, 0.25) is 5.28 Å². The lowest BCUT2D eigenvalue weighted by Crippen LogP contribution is -2.47. The monoisotopic (exact) mass is 356 g/mol. The minimum absolute atomic E-state index is 0.120. The molecular weight excluding hydrogens is 344 g/mol. The lowest BCUT2D eigenvalue weighted by molar-refractivity contribution is 0.475. The van der Waals surface area contributed by atoms with Crippen LogP contribution in [0.1, 0.15) is 13.8 Å². The third-order valence-electron chi connectivity index (χ3n) is 1.87. The molecule has 2 N–H and O–H groups in total. The van der Waals surface area contributed by atoms with Gasteiger partial charge in [0, 0.05) is 18.3 Å². The van der Waals surface area contributed by atoms with Crippen LogP contribution in [-0.4, -0.2) is 36.7 Å². The molecule has 0 aromatic carbocycles. The summed E-state index contributed by atoms with van der Waals surface area (Å²) < 4.78 is 25.5. The maximum absolute atomic E-state index is 11.2. The van der Waals surface area contributed by atoms with Crippen molar-refractivity contribution in [2.24, 2.45) is 0 Å². The Morgan fingerprint density at radius 3 is 2.67 bits per heavy atom. The molecule has 0 radical (unpaired) electrons. The van der Waals surface area contributed by atoms with Gasteiger partial charge in [0.05, 0.1) is 10.7 Å². The van der Waals surface area contributed by atoms with Crippen LogP contribution in [0.15, 0.2) is 10.7 Å². The Morgan fingerprint density at radius 2 is 2.11 bits per heavy atom. The van der Waals surface area contributed by atoms with Crippen LogP contribution in [0.4, 0.5) is 5.82 Å². The van der Waals surface area contributed by atoms with Gasteiger partial charge in [0.15, 0.2) is 0 Å². The van der Waals surface area contributed by atoms with E-state index in [1.165, 1.54) is 6.20 Å². The fourth-order valence-electron chi connectivity index (χ4n) is 1.31. The van der Waals surface area contributed by atoms with Crippen molar-refractivity contribution in [3.8, 4) is 0 Å². The van der Waals surface area contributed by atoms with Gasteiger partial charge in [-0.25, -0.2) is 18.1 Å². The van der Waals surface area contributed by atoms with Gasteiger partial charge in [0.25, 0.3) is 0 Å². The van der Waals surface area contributed by atoms with Gasteiger partial charge in [-0.3, -0.25) is 0 Å². The van der Waals surface area contributed by atoms with E-state index in [0.717, 1.165) is 6.26 Å². The lowest BCUT2D eigenvalue weighted by Gasteiger charge is -2.25. The summed E-state index contributed by atoms with van der Waals surface area (Å²) in [6.07, 6.45) is 2.64. The van der Waals surface area contributed by atoms with Gasteiger partial charge < -0.3 is 5.32 Å². The summed E-state index contributed by atoms with van der Waals surface area (Å²) in [5.41, 5.74) is -0.648. The minimum atomic E-state index is -3.27. The van der Waals surface area contributed by atoms with Crippen LogP contribution in [0.3, 0.4) is 0 Å². The van der Waals surface area contributed by atoms with Crippen molar-refractivity contribution in [3.63, 3.8) is 0 Å². The molecule has 0 spiro atoms. The largest absolute Gasteiger partial charge is 0.367 e. The molecule has 0 atom stereocenters. The summed E-state index contributed by atoms with van der Waals surface area (Å²) in [6, 6.07) is 0. The molecule has 0 fully saturated rings. The van der Waals surface area contributed by atoms with E-state index in [4.69, 9.17) is 11.6 Å². The van der Waals surface area contributed by atoms with Crippen molar-refractivity contribution in [1.29, 1.82) is 0 Å². The number of anilines is 1. The maximum Gasteiger partial charge on any atom is 0.224 e. The van der Waals surface area contributed by atoms with Crippen molar-refractivity contribution in [1.82, 2.24) is 14.7 Å². The molecule has 18 heavy (non-hydrogen) atoms. The summed E-state index contributed by atoms with van der Waals surface area (Å²) in [6.45, 7) is 3.88. The smallest absolute Gasteiger partial charge is 0.224 e. The van der Waals surface area contributed by atoms with E-state index in [9.17, 15) is 8.42 Å². The Balaban J connectivity index is 2.72. The fraction of sp³-hybridized carbons (Fsp3) is 0.556. The van der Waals surface area contributed by atoms with Crippen LogP contribution < -0.4 is 10.0 Å². The zero-order chi connectivity index (χ0) is 14.0. The standard InChI is InChI=1S/C9H14BrClN4O2S/c1-9(2,15-18(3,16)17)5-13-7-6(10)4-12-8(11)14-7/h4,15H,5H2,1-3H3,(H,12,13,14). The van der Waals surface area contributed by atoms with Crippen molar-refractivity contribution in [3.05, 3.63) is 16.0 Å². The zero-order valence-corrected chi connectivity index (χ0v) is 13.3. The highest BCUT2D eigenvalue weighted by Crippen LogP contribution is 2.20. The number of nitrogens with one attached hydrogen (secondary N) is 2.